The van der Waals surface area contributed by atoms with E-state index in [-0.39, 0.29) is 10.6 Å². The molecule has 3 aromatic rings. The van der Waals surface area contributed by atoms with Gasteiger partial charge in [0.15, 0.2) is 0 Å². The van der Waals surface area contributed by atoms with Gasteiger partial charge in [0.1, 0.15) is 0 Å². The molecule has 0 atom stereocenters. The summed E-state index contributed by atoms with van der Waals surface area (Å²) >= 11 is 1.70. The molecule has 0 spiro atoms. The Morgan fingerprint density at radius 2 is 2.00 bits per heavy atom. The van der Waals surface area contributed by atoms with Crippen LogP contribution in [0.3, 0.4) is 0 Å². The molecule has 0 aliphatic carbocycles. The number of hydrogen-bond acceptors (Lipinski definition) is 4. The first-order valence-corrected chi connectivity index (χ1v) is 7.05. The smallest absolute Gasteiger partial charge is 0.274 e. The third-order valence-electron chi connectivity index (χ3n) is 3.12. The van der Waals surface area contributed by atoms with Crippen LogP contribution in [0, 0.1) is 10.1 Å². The molecular weight excluding hydrogens is 272 g/mol. The maximum Gasteiger partial charge on any atom is 0.274 e. The first kappa shape index (κ1) is 12.6. The third kappa shape index (κ3) is 2.48. The number of thiophene rings is 1. The summed E-state index contributed by atoms with van der Waals surface area (Å²) < 4.78 is 1.24. The van der Waals surface area contributed by atoms with Gasteiger partial charge in [-0.2, -0.15) is 0 Å². The lowest BCUT2D eigenvalue weighted by molar-refractivity contribution is -0.385. The van der Waals surface area contributed by atoms with Crippen LogP contribution >= 0.6 is 11.3 Å². The highest BCUT2D eigenvalue weighted by molar-refractivity contribution is 7.17. The Kier molecular flexibility index (Phi) is 3.35. The molecule has 1 aromatic heterocycles. The van der Waals surface area contributed by atoms with Gasteiger partial charge in [-0.15, -0.1) is 11.3 Å². The molecule has 0 saturated carbocycles. The third-order valence-corrected chi connectivity index (χ3v) is 4.02. The number of nitro groups is 1. The van der Waals surface area contributed by atoms with Crippen LogP contribution in [0.1, 0.15) is 5.56 Å². The van der Waals surface area contributed by atoms with E-state index in [0.717, 1.165) is 5.69 Å². The van der Waals surface area contributed by atoms with Crippen molar-refractivity contribution in [2.75, 3.05) is 5.32 Å². The van der Waals surface area contributed by atoms with Gasteiger partial charge >= 0.3 is 0 Å². The van der Waals surface area contributed by atoms with Crippen LogP contribution in [0.4, 0.5) is 11.4 Å². The van der Waals surface area contributed by atoms with Crippen molar-refractivity contribution < 1.29 is 4.92 Å². The molecule has 1 N–H and O–H groups in total. The fraction of sp³-hybridized carbons (Fsp3) is 0.0667. The molecule has 1 heterocycles. The molecule has 5 heteroatoms. The predicted molar refractivity (Wildman–Crippen MR) is 82.2 cm³/mol. The summed E-state index contributed by atoms with van der Waals surface area (Å²) in [5, 5.41) is 17.4. The predicted octanol–water partition coefficient (Wildman–Crippen LogP) is 4.42. The van der Waals surface area contributed by atoms with Crippen LogP contribution in [0.15, 0.2) is 53.9 Å². The maximum atomic E-state index is 11.0. The van der Waals surface area contributed by atoms with Crippen molar-refractivity contribution in [1.82, 2.24) is 0 Å². The van der Waals surface area contributed by atoms with Crippen molar-refractivity contribution in [3.8, 4) is 0 Å². The summed E-state index contributed by atoms with van der Waals surface area (Å²) in [4.78, 5) is 10.6. The number of nitrogens with one attached hydrogen (secondary N) is 1. The normalized spacial score (nSPS) is 10.6. The maximum absolute atomic E-state index is 11.0. The van der Waals surface area contributed by atoms with E-state index in [1.165, 1.54) is 16.2 Å². The minimum Gasteiger partial charge on any atom is -0.381 e. The summed E-state index contributed by atoms with van der Waals surface area (Å²) in [5.74, 6) is 0. The molecule has 0 fully saturated rings. The van der Waals surface area contributed by atoms with Crippen molar-refractivity contribution in [3.05, 3.63) is 69.6 Å². The molecule has 20 heavy (non-hydrogen) atoms. The largest absolute Gasteiger partial charge is 0.381 e. The standard InChI is InChI=1S/C15H12N2O2S/c18-17(19)14-4-2-1-3-12(14)10-16-13-5-6-15-11(9-13)7-8-20-15/h1-9,16H,10H2. The Bertz CT molecular complexity index is 767. The van der Waals surface area contributed by atoms with E-state index >= 15 is 0 Å². The molecule has 3 rings (SSSR count). The fourth-order valence-corrected chi connectivity index (χ4v) is 2.88. The molecule has 0 aliphatic rings. The van der Waals surface area contributed by atoms with Gasteiger partial charge < -0.3 is 5.32 Å². The second-order valence-corrected chi connectivity index (χ2v) is 5.36. The Hall–Kier alpha value is -2.40. The number of benzene rings is 2. The average Bonchev–Trinajstić information content (AvgIpc) is 2.92. The molecule has 4 nitrogen and oxygen atoms in total. The molecule has 0 radical (unpaired) electrons. The summed E-state index contributed by atoms with van der Waals surface area (Å²) in [6.07, 6.45) is 0. The lowest BCUT2D eigenvalue weighted by Gasteiger charge is -2.07. The Balaban J connectivity index is 1.80. The topological polar surface area (TPSA) is 55.2 Å². The second kappa shape index (κ2) is 5.30. The van der Waals surface area contributed by atoms with Gasteiger partial charge in [-0.25, -0.2) is 0 Å². The fourth-order valence-electron chi connectivity index (χ4n) is 2.11. The molecule has 100 valence electrons. The van der Waals surface area contributed by atoms with E-state index in [1.807, 2.05) is 12.1 Å². The van der Waals surface area contributed by atoms with Crippen molar-refractivity contribution in [2.24, 2.45) is 0 Å². The number of nitro benzene ring substituents is 1. The van der Waals surface area contributed by atoms with Crippen LogP contribution in [-0.4, -0.2) is 4.92 Å². The SMILES string of the molecule is O=[N+]([O-])c1ccccc1CNc1ccc2sccc2c1. The van der Waals surface area contributed by atoms with E-state index in [9.17, 15) is 10.1 Å². The molecule has 0 bridgehead atoms. The Morgan fingerprint density at radius 3 is 2.85 bits per heavy atom. The van der Waals surface area contributed by atoms with E-state index < -0.39 is 0 Å². The van der Waals surface area contributed by atoms with Gasteiger partial charge in [0, 0.05) is 28.6 Å². The summed E-state index contributed by atoms with van der Waals surface area (Å²) in [6.45, 7) is 0.437. The molecule has 0 aliphatic heterocycles. The Morgan fingerprint density at radius 1 is 1.15 bits per heavy atom. The first-order valence-electron chi connectivity index (χ1n) is 6.17. The van der Waals surface area contributed by atoms with Crippen molar-refractivity contribution in [2.45, 2.75) is 6.54 Å². The first-order chi connectivity index (χ1) is 9.74. The van der Waals surface area contributed by atoms with E-state index in [0.29, 0.717) is 12.1 Å². The minimum absolute atomic E-state index is 0.150. The number of anilines is 1. The number of para-hydroxylation sites is 1. The van der Waals surface area contributed by atoms with Crippen molar-refractivity contribution in [1.29, 1.82) is 0 Å². The second-order valence-electron chi connectivity index (χ2n) is 4.41. The molecular formula is C15H12N2O2S. The van der Waals surface area contributed by atoms with Crippen molar-refractivity contribution >= 4 is 32.8 Å². The van der Waals surface area contributed by atoms with Gasteiger partial charge in [0.25, 0.3) is 5.69 Å². The average molecular weight is 284 g/mol. The quantitative estimate of drug-likeness (QED) is 0.570. The number of hydrogen-bond donors (Lipinski definition) is 1. The zero-order valence-corrected chi connectivity index (χ0v) is 11.4. The molecule has 0 unspecified atom stereocenters. The zero-order chi connectivity index (χ0) is 13.9. The van der Waals surface area contributed by atoms with Crippen LogP contribution in [0.25, 0.3) is 10.1 Å². The van der Waals surface area contributed by atoms with Crippen LogP contribution in [0.2, 0.25) is 0 Å². The summed E-state index contributed by atoms with van der Waals surface area (Å²) in [7, 11) is 0. The number of nitrogens with zero attached hydrogens (tertiary/aromatic N) is 1. The van der Waals surface area contributed by atoms with Crippen LogP contribution in [-0.2, 0) is 6.54 Å². The van der Waals surface area contributed by atoms with Gasteiger partial charge in [0.05, 0.1) is 4.92 Å². The molecule has 0 saturated heterocycles. The lowest BCUT2D eigenvalue weighted by atomic mass is 10.1. The molecule has 2 aromatic carbocycles. The van der Waals surface area contributed by atoms with E-state index in [1.54, 1.807) is 23.5 Å². The highest BCUT2D eigenvalue weighted by Gasteiger charge is 2.11. The van der Waals surface area contributed by atoms with Gasteiger partial charge in [-0.3, -0.25) is 10.1 Å². The van der Waals surface area contributed by atoms with Gasteiger partial charge in [-0.05, 0) is 35.0 Å². The van der Waals surface area contributed by atoms with Crippen LogP contribution < -0.4 is 5.32 Å². The summed E-state index contributed by atoms with van der Waals surface area (Å²) in [6, 6.07) is 15.0. The highest BCUT2D eigenvalue weighted by atomic mass is 32.1. The number of fused-ring (bicyclic) bond motifs is 1. The summed E-state index contributed by atoms with van der Waals surface area (Å²) in [5.41, 5.74) is 1.80. The van der Waals surface area contributed by atoms with Gasteiger partial charge in [0.2, 0.25) is 0 Å². The van der Waals surface area contributed by atoms with E-state index in [2.05, 4.69) is 28.9 Å². The van der Waals surface area contributed by atoms with Crippen molar-refractivity contribution in [3.63, 3.8) is 0 Å². The monoisotopic (exact) mass is 284 g/mol. The zero-order valence-electron chi connectivity index (χ0n) is 10.6. The number of rotatable bonds is 4. The van der Waals surface area contributed by atoms with Gasteiger partial charge in [-0.1, -0.05) is 18.2 Å². The lowest BCUT2D eigenvalue weighted by Crippen LogP contribution is -2.02. The minimum atomic E-state index is -0.348. The van der Waals surface area contributed by atoms with Crippen LogP contribution in [0.5, 0.6) is 0 Å². The highest BCUT2D eigenvalue weighted by Crippen LogP contribution is 2.25. The Labute approximate surface area is 119 Å². The molecule has 0 amide bonds. The van der Waals surface area contributed by atoms with E-state index in [4.69, 9.17) is 0 Å².